The van der Waals surface area contributed by atoms with Crippen molar-refractivity contribution in [3.8, 4) is 0 Å². The highest BCUT2D eigenvalue weighted by Gasteiger charge is 2.32. The molecule has 0 spiro atoms. The van der Waals surface area contributed by atoms with E-state index >= 15 is 0 Å². The van der Waals surface area contributed by atoms with E-state index in [4.69, 9.17) is 4.74 Å². The van der Waals surface area contributed by atoms with Crippen molar-refractivity contribution in [1.82, 2.24) is 4.98 Å². The van der Waals surface area contributed by atoms with E-state index in [2.05, 4.69) is 10.3 Å². The van der Waals surface area contributed by atoms with Crippen molar-refractivity contribution >= 4 is 11.6 Å². The highest BCUT2D eigenvalue weighted by Crippen LogP contribution is 2.32. The minimum atomic E-state index is -4.37. The molecule has 1 aliphatic heterocycles. The number of rotatable bonds is 2. The molecule has 2 rings (SSSR count). The number of halogens is 3. The van der Waals surface area contributed by atoms with Crippen LogP contribution in [0.2, 0.25) is 0 Å². The lowest BCUT2D eigenvalue weighted by Gasteiger charge is -2.28. The van der Waals surface area contributed by atoms with Crippen molar-refractivity contribution in [2.24, 2.45) is 0 Å². The summed E-state index contributed by atoms with van der Waals surface area (Å²) in [6.07, 6.45) is -4.37. The Balaban J connectivity index is 2.34. The molecule has 18 heavy (non-hydrogen) atoms. The topological polar surface area (TPSA) is 37.4 Å². The number of alkyl halides is 3. The van der Waals surface area contributed by atoms with Crippen molar-refractivity contribution in [1.29, 1.82) is 0 Å². The zero-order chi connectivity index (χ0) is 13.2. The molecule has 0 bridgehead atoms. The minimum Gasteiger partial charge on any atom is -0.378 e. The van der Waals surface area contributed by atoms with Crippen LogP contribution >= 0.6 is 0 Å². The summed E-state index contributed by atoms with van der Waals surface area (Å²) in [4.78, 5) is 5.94. The monoisotopic (exact) mass is 261 g/mol. The van der Waals surface area contributed by atoms with E-state index in [1.165, 1.54) is 0 Å². The first kappa shape index (κ1) is 12.9. The molecule has 1 N–H and O–H groups in total. The Morgan fingerprint density at radius 2 is 1.94 bits per heavy atom. The fraction of sp³-hybridized carbons (Fsp3) is 0.545. The molecule has 0 amide bonds. The highest BCUT2D eigenvalue weighted by atomic mass is 19.4. The van der Waals surface area contributed by atoms with Gasteiger partial charge in [0.15, 0.2) is 0 Å². The van der Waals surface area contributed by atoms with E-state index in [1.54, 1.807) is 11.9 Å². The Kier molecular flexibility index (Phi) is 3.60. The van der Waals surface area contributed by atoms with Crippen LogP contribution < -0.4 is 10.2 Å². The molecule has 0 radical (unpaired) electrons. The van der Waals surface area contributed by atoms with E-state index in [0.717, 1.165) is 12.1 Å². The van der Waals surface area contributed by atoms with Gasteiger partial charge in [0.05, 0.1) is 18.8 Å². The van der Waals surface area contributed by atoms with E-state index in [9.17, 15) is 13.2 Å². The van der Waals surface area contributed by atoms with Crippen LogP contribution in [0.3, 0.4) is 0 Å². The lowest BCUT2D eigenvalue weighted by molar-refractivity contribution is -0.137. The molecule has 1 fully saturated rings. The number of morpholine rings is 1. The Morgan fingerprint density at radius 1 is 1.28 bits per heavy atom. The van der Waals surface area contributed by atoms with Crippen molar-refractivity contribution in [2.75, 3.05) is 43.6 Å². The average Bonchev–Trinajstić information content (AvgIpc) is 2.38. The standard InChI is InChI=1S/C11H14F3N3O/c1-15-9-6-8(11(12,13)14)7-10(16-9)17-2-4-18-5-3-17/h6-7H,2-5H2,1H3,(H,15,16). The smallest absolute Gasteiger partial charge is 0.378 e. The summed E-state index contributed by atoms with van der Waals surface area (Å²) >= 11 is 0. The molecule has 0 aromatic carbocycles. The molecule has 1 saturated heterocycles. The average molecular weight is 261 g/mol. The van der Waals surface area contributed by atoms with Gasteiger partial charge in [0, 0.05) is 20.1 Å². The van der Waals surface area contributed by atoms with E-state index < -0.39 is 11.7 Å². The van der Waals surface area contributed by atoms with Crippen LogP contribution in [-0.4, -0.2) is 38.3 Å². The van der Waals surface area contributed by atoms with Crippen LogP contribution in [0, 0.1) is 0 Å². The van der Waals surface area contributed by atoms with Crippen LogP contribution in [0.4, 0.5) is 24.8 Å². The van der Waals surface area contributed by atoms with Crippen LogP contribution in [0.25, 0.3) is 0 Å². The van der Waals surface area contributed by atoms with Gasteiger partial charge >= 0.3 is 6.18 Å². The number of hydrogen-bond acceptors (Lipinski definition) is 4. The SMILES string of the molecule is CNc1cc(C(F)(F)F)cc(N2CCOCC2)n1. The highest BCUT2D eigenvalue weighted by molar-refractivity contribution is 5.51. The van der Waals surface area contributed by atoms with Gasteiger partial charge in [0.25, 0.3) is 0 Å². The Labute approximate surface area is 103 Å². The maximum Gasteiger partial charge on any atom is 0.416 e. The second-order valence-corrected chi connectivity index (χ2v) is 3.95. The Morgan fingerprint density at radius 3 is 2.50 bits per heavy atom. The minimum absolute atomic E-state index is 0.214. The van der Waals surface area contributed by atoms with Crippen LogP contribution in [-0.2, 0) is 10.9 Å². The normalized spacial score (nSPS) is 16.8. The van der Waals surface area contributed by atoms with Crippen LogP contribution in [0.5, 0.6) is 0 Å². The number of aromatic nitrogens is 1. The molecule has 0 atom stereocenters. The van der Waals surface area contributed by atoms with Crippen molar-refractivity contribution in [3.05, 3.63) is 17.7 Å². The molecular weight excluding hydrogens is 247 g/mol. The lowest BCUT2D eigenvalue weighted by Crippen LogP contribution is -2.37. The third-order valence-electron chi connectivity index (χ3n) is 2.73. The van der Waals surface area contributed by atoms with Gasteiger partial charge in [-0.3, -0.25) is 0 Å². The van der Waals surface area contributed by atoms with Crippen LogP contribution in [0.1, 0.15) is 5.56 Å². The first-order chi connectivity index (χ1) is 8.50. The summed E-state index contributed by atoms with van der Waals surface area (Å²) in [7, 11) is 1.55. The van der Waals surface area contributed by atoms with Gasteiger partial charge < -0.3 is 15.0 Å². The summed E-state index contributed by atoms with van der Waals surface area (Å²) in [6, 6.07) is 2.08. The van der Waals surface area contributed by atoms with Crippen molar-refractivity contribution in [3.63, 3.8) is 0 Å². The lowest BCUT2D eigenvalue weighted by atomic mass is 10.2. The summed E-state index contributed by atoms with van der Waals surface area (Å²) in [5, 5.41) is 2.65. The predicted molar refractivity (Wildman–Crippen MR) is 61.8 cm³/mol. The van der Waals surface area contributed by atoms with E-state index in [1.807, 2.05) is 0 Å². The third kappa shape index (κ3) is 2.84. The van der Waals surface area contributed by atoms with Gasteiger partial charge in [-0.2, -0.15) is 13.2 Å². The first-order valence-corrected chi connectivity index (χ1v) is 5.60. The molecule has 1 aliphatic rings. The fourth-order valence-electron chi connectivity index (χ4n) is 1.76. The number of nitrogens with zero attached hydrogens (tertiary/aromatic N) is 2. The Bertz CT molecular complexity index is 416. The quantitative estimate of drug-likeness (QED) is 0.883. The molecule has 1 aromatic heterocycles. The molecule has 0 unspecified atom stereocenters. The van der Waals surface area contributed by atoms with Gasteiger partial charge in [-0.1, -0.05) is 0 Å². The molecule has 1 aromatic rings. The summed E-state index contributed by atoms with van der Waals surface area (Å²) in [5.41, 5.74) is -0.691. The Hall–Kier alpha value is -1.50. The molecule has 7 heteroatoms. The number of hydrogen-bond donors (Lipinski definition) is 1. The molecular formula is C11H14F3N3O. The van der Waals surface area contributed by atoms with Gasteiger partial charge in [0.2, 0.25) is 0 Å². The summed E-state index contributed by atoms with van der Waals surface area (Å²) in [6.45, 7) is 2.12. The van der Waals surface area contributed by atoms with Gasteiger partial charge in [-0.15, -0.1) is 0 Å². The summed E-state index contributed by atoms with van der Waals surface area (Å²) in [5.74, 6) is 0.545. The van der Waals surface area contributed by atoms with Crippen LogP contribution in [0.15, 0.2) is 12.1 Å². The number of ether oxygens (including phenoxy) is 1. The molecule has 100 valence electrons. The van der Waals surface area contributed by atoms with E-state index in [0.29, 0.717) is 32.1 Å². The van der Waals surface area contributed by atoms with Gasteiger partial charge in [-0.25, -0.2) is 4.98 Å². The largest absolute Gasteiger partial charge is 0.416 e. The maximum absolute atomic E-state index is 12.8. The van der Waals surface area contributed by atoms with Gasteiger partial charge in [0.1, 0.15) is 11.6 Å². The molecule has 0 aliphatic carbocycles. The van der Waals surface area contributed by atoms with Gasteiger partial charge in [-0.05, 0) is 12.1 Å². The number of nitrogens with one attached hydrogen (secondary N) is 1. The predicted octanol–water partition coefficient (Wildman–Crippen LogP) is 1.98. The number of anilines is 2. The molecule has 4 nitrogen and oxygen atoms in total. The van der Waals surface area contributed by atoms with E-state index in [-0.39, 0.29) is 5.82 Å². The maximum atomic E-state index is 12.8. The zero-order valence-electron chi connectivity index (χ0n) is 9.92. The molecule has 2 heterocycles. The molecule has 0 saturated carbocycles. The second-order valence-electron chi connectivity index (χ2n) is 3.95. The van der Waals surface area contributed by atoms with Crippen molar-refractivity contribution in [2.45, 2.75) is 6.18 Å². The fourth-order valence-corrected chi connectivity index (χ4v) is 1.76. The zero-order valence-corrected chi connectivity index (χ0v) is 9.92. The first-order valence-electron chi connectivity index (χ1n) is 5.60. The third-order valence-corrected chi connectivity index (χ3v) is 2.73. The van der Waals surface area contributed by atoms with Crippen molar-refractivity contribution < 1.29 is 17.9 Å². The second kappa shape index (κ2) is 5.01. The summed E-state index contributed by atoms with van der Waals surface area (Å²) < 4.78 is 43.4. The number of pyridine rings is 1.